The molecule has 0 aliphatic carbocycles. The Morgan fingerprint density at radius 1 is 1.39 bits per heavy atom. The van der Waals surface area contributed by atoms with Crippen molar-refractivity contribution in [3.05, 3.63) is 46.3 Å². The van der Waals surface area contributed by atoms with E-state index in [-0.39, 0.29) is 6.61 Å². The van der Waals surface area contributed by atoms with Crippen LogP contribution < -0.4 is 5.32 Å². The van der Waals surface area contributed by atoms with Crippen molar-refractivity contribution in [3.63, 3.8) is 0 Å². The number of hydrogen-bond donors (Lipinski definition) is 2. The number of thioether (sulfide) groups is 1. The van der Waals surface area contributed by atoms with Crippen LogP contribution in [0.5, 0.6) is 0 Å². The number of rotatable bonds is 7. The highest BCUT2D eigenvalue weighted by atomic mass is 32.2. The van der Waals surface area contributed by atoms with Gasteiger partial charge in [-0.25, -0.2) is 4.98 Å². The Morgan fingerprint density at radius 2 is 2.33 bits per heavy atom. The second-order valence-electron chi connectivity index (χ2n) is 3.76. The van der Waals surface area contributed by atoms with Gasteiger partial charge in [0.25, 0.3) is 0 Å². The number of aliphatic hydroxyl groups excluding tert-OH is 1. The SMILES string of the molecule is OCCSCc1ccnc(NCc2cccs2)c1. The van der Waals surface area contributed by atoms with Crippen molar-refractivity contribution < 1.29 is 5.11 Å². The monoisotopic (exact) mass is 280 g/mol. The smallest absolute Gasteiger partial charge is 0.126 e. The normalized spacial score (nSPS) is 10.5. The molecule has 0 aliphatic rings. The predicted molar refractivity (Wildman–Crippen MR) is 79.1 cm³/mol. The molecular weight excluding hydrogens is 264 g/mol. The van der Waals surface area contributed by atoms with Gasteiger partial charge in [-0.3, -0.25) is 0 Å². The number of aliphatic hydroxyl groups is 1. The van der Waals surface area contributed by atoms with Crippen molar-refractivity contribution in [2.45, 2.75) is 12.3 Å². The first kappa shape index (κ1) is 13.4. The summed E-state index contributed by atoms with van der Waals surface area (Å²) >= 11 is 3.47. The van der Waals surface area contributed by atoms with Gasteiger partial charge in [0.1, 0.15) is 5.82 Å². The molecule has 18 heavy (non-hydrogen) atoms. The van der Waals surface area contributed by atoms with Crippen molar-refractivity contribution in [2.24, 2.45) is 0 Å². The van der Waals surface area contributed by atoms with Crippen LogP contribution in [0.2, 0.25) is 0 Å². The average molecular weight is 280 g/mol. The Balaban J connectivity index is 1.86. The van der Waals surface area contributed by atoms with Crippen molar-refractivity contribution in [3.8, 4) is 0 Å². The molecule has 0 radical (unpaired) electrons. The number of nitrogens with one attached hydrogen (secondary N) is 1. The van der Waals surface area contributed by atoms with Gasteiger partial charge in [-0.2, -0.15) is 11.8 Å². The van der Waals surface area contributed by atoms with Crippen molar-refractivity contribution in [1.29, 1.82) is 0 Å². The Labute approximate surface area is 115 Å². The first-order valence-electron chi connectivity index (χ1n) is 5.78. The summed E-state index contributed by atoms with van der Waals surface area (Å²) in [4.78, 5) is 5.60. The first-order chi connectivity index (χ1) is 8.88. The number of pyridine rings is 1. The summed E-state index contributed by atoms with van der Waals surface area (Å²) in [5.41, 5.74) is 1.23. The highest BCUT2D eigenvalue weighted by molar-refractivity contribution is 7.98. The zero-order valence-electron chi connectivity index (χ0n) is 10.0. The molecule has 0 saturated heterocycles. The molecule has 2 rings (SSSR count). The number of hydrogen-bond acceptors (Lipinski definition) is 5. The van der Waals surface area contributed by atoms with E-state index in [2.05, 4.69) is 33.9 Å². The summed E-state index contributed by atoms with van der Waals surface area (Å²) in [5.74, 6) is 2.60. The molecule has 0 unspecified atom stereocenters. The lowest BCUT2D eigenvalue weighted by atomic mass is 10.3. The van der Waals surface area contributed by atoms with Crippen LogP contribution in [-0.2, 0) is 12.3 Å². The largest absolute Gasteiger partial charge is 0.396 e. The van der Waals surface area contributed by atoms with Gasteiger partial charge in [-0.15, -0.1) is 11.3 Å². The van der Waals surface area contributed by atoms with Crippen LogP contribution in [0.25, 0.3) is 0 Å². The second-order valence-corrected chi connectivity index (χ2v) is 5.90. The minimum Gasteiger partial charge on any atom is -0.396 e. The Morgan fingerprint density at radius 3 is 3.11 bits per heavy atom. The van der Waals surface area contributed by atoms with E-state index in [0.717, 1.165) is 23.9 Å². The maximum absolute atomic E-state index is 8.74. The third-order valence-electron chi connectivity index (χ3n) is 2.35. The molecule has 0 saturated carbocycles. The molecule has 0 amide bonds. The van der Waals surface area contributed by atoms with Gasteiger partial charge in [0.05, 0.1) is 13.2 Å². The third-order valence-corrected chi connectivity index (χ3v) is 4.24. The van der Waals surface area contributed by atoms with Gasteiger partial charge in [-0.05, 0) is 29.1 Å². The molecule has 0 atom stereocenters. The van der Waals surface area contributed by atoms with Crippen LogP contribution in [0.1, 0.15) is 10.4 Å². The molecule has 0 aliphatic heterocycles. The summed E-state index contributed by atoms with van der Waals surface area (Å²) in [6.07, 6.45) is 1.82. The summed E-state index contributed by atoms with van der Waals surface area (Å²) in [6, 6.07) is 8.24. The molecule has 2 aromatic rings. The lowest BCUT2D eigenvalue weighted by Gasteiger charge is -2.06. The molecule has 2 N–H and O–H groups in total. The fourth-order valence-corrected chi connectivity index (χ4v) is 2.84. The Bertz CT molecular complexity index is 460. The van der Waals surface area contributed by atoms with Gasteiger partial charge >= 0.3 is 0 Å². The molecule has 0 aromatic carbocycles. The van der Waals surface area contributed by atoms with E-state index in [4.69, 9.17) is 5.11 Å². The maximum Gasteiger partial charge on any atom is 0.126 e. The van der Waals surface area contributed by atoms with E-state index in [1.807, 2.05) is 12.3 Å². The van der Waals surface area contributed by atoms with Gasteiger partial charge < -0.3 is 10.4 Å². The molecule has 3 nitrogen and oxygen atoms in total. The third kappa shape index (κ3) is 4.33. The lowest BCUT2D eigenvalue weighted by molar-refractivity contribution is 0.322. The number of nitrogens with zero attached hydrogens (tertiary/aromatic N) is 1. The molecular formula is C13H16N2OS2. The van der Waals surface area contributed by atoms with E-state index in [1.54, 1.807) is 23.1 Å². The number of anilines is 1. The minimum absolute atomic E-state index is 0.235. The zero-order valence-corrected chi connectivity index (χ0v) is 11.6. The summed E-state index contributed by atoms with van der Waals surface area (Å²) in [7, 11) is 0. The fourth-order valence-electron chi connectivity index (χ4n) is 1.51. The highest BCUT2D eigenvalue weighted by Gasteiger charge is 1.99. The lowest BCUT2D eigenvalue weighted by Crippen LogP contribution is -2.00. The van der Waals surface area contributed by atoms with Gasteiger partial charge in [-0.1, -0.05) is 6.07 Å². The van der Waals surface area contributed by atoms with Crippen molar-refractivity contribution >= 4 is 28.9 Å². The van der Waals surface area contributed by atoms with Crippen molar-refractivity contribution in [1.82, 2.24) is 4.98 Å². The van der Waals surface area contributed by atoms with Crippen LogP contribution in [-0.4, -0.2) is 22.5 Å². The fraction of sp³-hybridized carbons (Fsp3) is 0.308. The van der Waals surface area contributed by atoms with E-state index in [0.29, 0.717) is 0 Å². The van der Waals surface area contributed by atoms with Gasteiger partial charge in [0.15, 0.2) is 0 Å². The van der Waals surface area contributed by atoms with Crippen molar-refractivity contribution in [2.75, 3.05) is 17.7 Å². The Kier molecular flexibility index (Phi) is 5.51. The van der Waals surface area contributed by atoms with E-state index < -0.39 is 0 Å². The van der Waals surface area contributed by atoms with Crippen LogP contribution in [0.3, 0.4) is 0 Å². The first-order valence-corrected chi connectivity index (χ1v) is 7.81. The maximum atomic E-state index is 8.74. The molecule has 5 heteroatoms. The van der Waals surface area contributed by atoms with E-state index in [1.165, 1.54) is 10.4 Å². The molecule has 96 valence electrons. The minimum atomic E-state index is 0.235. The topological polar surface area (TPSA) is 45.2 Å². The van der Waals surface area contributed by atoms with Gasteiger partial charge in [0.2, 0.25) is 0 Å². The van der Waals surface area contributed by atoms with Crippen LogP contribution in [0.4, 0.5) is 5.82 Å². The van der Waals surface area contributed by atoms with Crippen LogP contribution in [0.15, 0.2) is 35.8 Å². The second kappa shape index (κ2) is 7.41. The standard InChI is InChI=1S/C13H16N2OS2/c16-5-7-17-10-11-3-4-14-13(8-11)15-9-12-2-1-6-18-12/h1-4,6,8,16H,5,7,9-10H2,(H,14,15). The predicted octanol–water partition coefficient (Wildman–Crippen LogP) is 2.98. The van der Waals surface area contributed by atoms with Gasteiger partial charge in [0, 0.05) is 22.6 Å². The van der Waals surface area contributed by atoms with Crippen LogP contribution in [0, 0.1) is 0 Å². The zero-order chi connectivity index (χ0) is 12.6. The van der Waals surface area contributed by atoms with Crippen LogP contribution >= 0.6 is 23.1 Å². The summed E-state index contributed by atoms with van der Waals surface area (Å²) in [6.45, 7) is 1.05. The number of thiophene rings is 1. The summed E-state index contributed by atoms with van der Waals surface area (Å²) < 4.78 is 0. The molecule has 2 heterocycles. The highest BCUT2D eigenvalue weighted by Crippen LogP contribution is 2.16. The quantitative estimate of drug-likeness (QED) is 0.765. The average Bonchev–Trinajstić information content (AvgIpc) is 2.90. The molecule has 0 spiro atoms. The Hall–Kier alpha value is -1.04. The molecule has 0 bridgehead atoms. The molecule has 0 fully saturated rings. The van der Waals surface area contributed by atoms with E-state index in [9.17, 15) is 0 Å². The van der Waals surface area contributed by atoms with E-state index >= 15 is 0 Å². The molecule has 2 aromatic heterocycles. The number of aromatic nitrogens is 1. The summed E-state index contributed by atoms with van der Waals surface area (Å²) in [5, 5.41) is 14.1.